The standard InChI is InChI=1S/C24H48O2.Mg.2H/c1-2-3-4-5-6-7-8-9-10-11-12-13-14-15-16-17-18-19-20-21-22-23-24(25)26;;;/h2-23H2,1H3,(H,25,26);;;. The van der Waals surface area contributed by atoms with Gasteiger partial charge in [-0.2, -0.15) is 0 Å². The Balaban J connectivity index is 0. The van der Waals surface area contributed by atoms with Crippen LogP contribution in [0.5, 0.6) is 0 Å². The van der Waals surface area contributed by atoms with E-state index in [1.54, 1.807) is 0 Å². The number of hydrogen-bond donors (Lipinski definition) is 1. The number of unbranched alkanes of at least 4 members (excludes halogenated alkanes) is 20. The molecule has 0 fully saturated rings. The highest BCUT2D eigenvalue weighted by Gasteiger charge is 1.97. The number of hydrogen-bond acceptors (Lipinski definition) is 1. The molecule has 1 N–H and O–H groups in total. The molecule has 0 unspecified atom stereocenters. The van der Waals surface area contributed by atoms with Crippen molar-refractivity contribution in [3.05, 3.63) is 0 Å². The van der Waals surface area contributed by atoms with Crippen molar-refractivity contribution in [3.8, 4) is 0 Å². The molecule has 0 aliphatic rings. The molecular weight excluding hydrogens is 345 g/mol. The molecule has 0 aliphatic heterocycles. The second-order valence-corrected chi connectivity index (χ2v) is 8.21. The molecular formula is C24H50MgO2. The molecule has 3 heteroatoms. The fourth-order valence-corrected chi connectivity index (χ4v) is 3.71. The topological polar surface area (TPSA) is 37.3 Å². The number of carbonyl (C=O) groups is 1. The molecule has 0 amide bonds. The second-order valence-electron chi connectivity index (χ2n) is 8.21. The molecule has 0 radical (unpaired) electrons. The summed E-state index contributed by atoms with van der Waals surface area (Å²) in [7, 11) is 0. The zero-order valence-corrected chi connectivity index (χ0v) is 17.9. The first-order valence-corrected chi connectivity index (χ1v) is 12.0. The molecule has 0 saturated heterocycles. The van der Waals surface area contributed by atoms with Gasteiger partial charge in [0.05, 0.1) is 0 Å². The average Bonchev–Trinajstić information content (AvgIpc) is 2.62. The minimum absolute atomic E-state index is 0. The SMILES string of the molecule is CCCCCCCCCCCCCCCCCCCCCCCC(=O)O.[MgH2]. The predicted molar refractivity (Wildman–Crippen MR) is 123 cm³/mol. The number of aliphatic carboxylic acids is 1. The maximum Gasteiger partial charge on any atom is 0.316 e. The molecule has 2 nitrogen and oxygen atoms in total. The van der Waals surface area contributed by atoms with Crippen LogP contribution in [0.2, 0.25) is 0 Å². The molecule has 0 atom stereocenters. The summed E-state index contributed by atoms with van der Waals surface area (Å²) in [4.78, 5) is 10.4. The summed E-state index contributed by atoms with van der Waals surface area (Å²) in [6.07, 6.45) is 29.1. The van der Waals surface area contributed by atoms with Crippen molar-refractivity contribution >= 4 is 29.0 Å². The first-order valence-electron chi connectivity index (χ1n) is 12.0. The van der Waals surface area contributed by atoms with Gasteiger partial charge in [-0.1, -0.05) is 135 Å². The Bertz CT molecular complexity index is 282. The largest absolute Gasteiger partial charge is 0.481 e. The van der Waals surface area contributed by atoms with Crippen LogP contribution in [0, 0.1) is 0 Å². The van der Waals surface area contributed by atoms with Gasteiger partial charge in [0.2, 0.25) is 0 Å². The van der Waals surface area contributed by atoms with E-state index >= 15 is 0 Å². The van der Waals surface area contributed by atoms with E-state index in [0.717, 1.165) is 12.8 Å². The summed E-state index contributed by atoms with van der Waals surface area (Å²) in [5.74, 6) is -0.650. The Kier molecular flexibility index (Phi) is 28.6. The number of carboxylic acid groups (broad SMARTS) is 1. The van der Waals surface area contributed by atoms with Crippen molar-refractivity contribution in [1.29, 1.82) is 0 Å². The lowest BCUT2D eigenvalue weighted by Crippen LogP contribution is -1.93. The van der Waals surface area contributed by atoms with E-state index in [2.05, 4.69) is 6.92 Å². The zero-order valence-electron chi connectivity index (χ0n) is 17.9. The van der Waals surface area contributed by atoms with Crippen LogP contribution in [0.4, 0.5) is 0 Å². The first-order chi connectivity index (χ1) is 12.8. The summed E-state index contributed by atoms with van der Waals surface area (Å²) in [5, 5.41) is 8.57. The van der Waals surface area contributed by atoms with Gasteiger partial charge in [-0.3, -0.25) is 4.79 Å². The molecule has 0 spiro atoms. The van der Waals surface area contributed by atoms with Crippen LogP contribution in [-0.2, 0) is 4.79 Å². The van der Waals surface area contributed by atoms with Gasteiger partial charge in [0, 0.05) is 6.42 Å². The summed E-state index contributed by atoms with van der Waals surface area (Å²) in [6.45, 7) is 2.29. The van der Waals surface area contributed by atoms with Crippen molar-refractivity contribution in [1.82, 2.24) is 0 Å². The normalized spacial score (nSPS) is 10.7. The summed E-state index contributed by atoms with van der Waals surface area (Å²) in [5.41, 5.74) is 0. The van der Waals surface area contributed by atoms with Crippen LogP contribution in [0.3, 0.4) is 0 Å². The molecule has 0 rings (SSSR count). The predicted octanol–water partition coefficient (Wildman–Crippen LogP) is 7.76. The molecule has 160 valence electrons. The summed E-state index contributed by atoms with van der Waals surface area (Å²) < 4.78 is 0. The van der Waals surface area contributed by atoms with Gasteiger partial charge in [-0.25, -0.2) is 0 Å². The van der Waals surface area contributed by atoms with Gasteiger partial charge in [0.15, 0.2) is 0 Å². The lowest BCUT2D eigenvalue weighted by Gasteiger charge is -2.04. The van der Waals surface area contributed by atoms with Crippen LogP contribution in [0.15, 0.2) is 0 Å². The van der Waals surface area contributed by atoms with Gasteiger partial charge in [-0.15, -0.1) is 0 Å². The maximum atomic E-state index is 10.4. The lowest BCUT2D eigenvalue weighted by molar-refractivity contribution is -0.137. The van der Waals surface area contributed by atoms with E-state index in [9.17, 15) is 4.79 Å². The molecule has 0 aromatic heterocycles. The van der Waals surface area contributed by atoms with Gasteiger partial charge in [0.1, 0.15) is 0 Å². The Labute approximate surface area is 186 Å². The third-order valence-electron chi connectivity index (χ3n) is 5.49. The van der Waals surface area contributed by atoms with Gasteiger partial charge < -0.3 is 5.11 Å². The Morgan fingerprint density at radius 2 is 0.704 bits per heavy atom. The molecule has 0 heterocycles. The van der Waals surface area contributed by atoms with E-state index in [1.807, 2.05) is 0 Å². The quantitative estimate of drug-likeness (QED) is 0.150. The fourth-order valence-electron chi connectivity index (χ4n) is 3.71. The summed E-state index contributed by atoms with van der Waals surface area (Å²) >= 11 is 0. The van der Waals surface area contributed by atoms with E-state index in [0.29, 0.717) is 6.42 Å². The zero-order chi connectivity index (χ0) is 19.1. The van der Waals surface area contributed by atoms with Gasteiger partial charge in [0.25, 0.3) is 0 Å². The number of carboxylic acids is 1. The minimum Gasteiger partial charge on any atom is -0.481 e. The van der Waals surface area contributed by atoms with Crippen molar-refractivity contribution < 1.29 is 9.90 Å². The van der Waals surface area contributed by atoms with Crippen molar-refractivity contribution in [2.24, 2.45) is 0 Å². The monoisotopic (exact) mass is 394 g/mol. The van der Waals surface area contributed by atoms with E-state index in [-0.39, 0.29) is 23.1 Å². The Hall–Kier alpha value is 0.236. The lowest BCUT2D eigenvalue weighted by atomic mass is 10.0. The summed E-state index contributed by atoms with van der Waals surface area (Å²) in [6, 6.07) is 0. The Morgan fingerprint density at radius 1 is 0.481 bits per heavy atom. The average molecular weight is 395 g/mol. The highest BCUT2D eigenvalue weighted by atomic mass is 24.3. The van der Waals surface area contributed by atoms with Gasteiger partial charge in [-0.05, 0) is 6.42 Å². The van der Waals surface area contributed by atoms with Crippen molar-refractivity contribution in [3.63, 3.8) is 0 Å². The first kappa shape index (κ1) is 29.4. The highest BCUT2D eigenvalue weighted by molar-refractivity contribution is 5.75. The van der Waals surface area contributed by atoms with E-state index in [4.69, 9.17) is 5.11 Å². The van der Waals surface area contributed by atoms with E-state index in [1.165, 1.54) is 122 Å². The highest BCUT2D eigenvalue weighted by Crippen LogP contribution is 2.15. The molecule has 0 aromatic carbocycles. The van der Waals surface area contributed by atoms with Crippen LogP contribution in [0.1, 0.15) is 148 Å². The Morgan fingerprint density at radius 3 is 0.926 bits per heavy atom. The molecule has 0 saturated carbocycles. The van der Waals surface area contributed by atoms with Gasteiger partial charge >= 0.3 is 29.0 Å². The van der Waals surface area contributed by atoms with Crippen molar-refractivity contribution in [2.75, 3.05) is 0 Å². The molecule has 0 aliphatic carbocycles. The smallest absolute Gasteiger partial charge is 0.316 e. The van der Waals surface area contributed by atoms with Crippen molar-refractivity contribution in [2.45, 2.75) is 148 Å². The fraction of sp³-hybridized carbons (Fsp3) is 0.958. The minimum atomic E-state index is -0.650. The maximum absolute atomic E-state index is 10.4. The third-order valence-corrected chi connectivity index (χ3v) is 5.49. The third kappa shape index (κ3) is 28.5. The second kappa shape index (κ2) is 26.2. The van der Waals surface area contributed by atoms with Crippen LogP contribution in [-0.4, -0.2) is 34.1 Å². The molecule has 27 heavy (non-hydrogen) atoms. The van der Waals surface area contributed by atoms with Crippen LogP contribution < -0.4 is 0 Å². The van der Waals surface area contributed by atoms with Crippen LogP contribution in [0.25, 0.3) is 0 Å². The molecule has 0 bridgehead atoms. The number of rotatable bonds is 22. The van der Waals surface area contributed by atoms with Crippen LogP contribution >= 0.6 is 0 Å². The molecule has 0 aromatic rings. The van der Waals surface area contributed by atoms with E-state index < -0.39 is 5.97 Å².